The van der Waals surface area contributed by atoms with Crippen LogP contribution < -0.4 is 4.90 Å². The molecule has 3 heterocycles. The predicted octanol–water partition coefficient (Wildman–Crippen LogP) is 3.19. The molecule has 0 atom stereocenters. The highest BCUT2D eigenvalue weighted by Crippen LogP contribution is 2.32. The van der Waals surface area contributed by atoms with Gasteiger partial charge in [-0.15, -0.1) is 10.2 Å². The summed E-state index contributed by atoms with van der Waals surface area (Å²) in [5.41, 5.74) is 2.98. The molecule has 2 aromatic rings. The van der Waals surface area contributed by atoms with E-state index in [1.165, 1.54) is 24.1 Å². The average Bonchev–Trinajstić information content (AvgIpc) is 2.87. The lowest BCUT2D eigenvalue weighted by Crippen LogP contribution is -2.32. The molecule has 0 radical (unpaired) electrons. The molecule has 4 rings (SSSR count). The minimum atomic E-state index is 0.0118. The highest BCUT2D eigenvalue weighted by molar-refractivity contribution is 5.92. The smallest absolute Gasteiger partial charge is 0.274 e. The number of hydrogen-bond acceptors (Lipinski definition) is 4. The summed E-state index contributed by atoms with van der Waals surface area (Å²) in [5, 5.41) is 8.55. The van der Waals surface area contributed by atoms with Gasteiger partial charge in [0.25, 0.3) is 5.91 Å². The number of fused-ring (bicyclic) bond motifs is 1. The van der Waals surface area contributed by atoms with Crippen molar-refractivity contribution in [3.63, 3.8) is 0 Å². The van der Waals surface area contributed by atoms with Crippen LogP contribution in [-0.2, 0) is 6.42 Å². The van der Waals surface area contributed by atoms with E-state index in [9.17, 15) is 4.79 Å². The zero-order valence-electron chi connectivity index (χ0n) is 13.8. The van der Waals surface area contributed by atoms with E-state index < -0.39 is 0 Å². The molecular formula is C19H22N4O. The van der Waals surface area contributed by atoms with Crippen molar-refractivity contribution in [2.75, 3.05) is 24.5 Å². The molecule has 1 aromatic carbocycles. The Balaban J connectivity index is 1.52. The molecule has 0 spiro atoms. The lowest BCUT2D eigenvalue weighted by atomic mass is 10.2. The number of likely N-dealkylation sites (tertiary alicyclic amines) is 1. The number of benzene rings is 1. The van der Waals surface area contributed by atoms with Gasteiger partial charge in [-0.3, -0.25) is 4.79 Å². The summed E-state index contributed by atoms with van der Waals surface area (Å²) in [5.74, 6) is 0.824. The van der Waals surface area contributed by atoms with Crippen molar-refractivity contribution in [1.82, 2.24) is 15.1 Å². The number of para-hydroxylation sites is 1. The number of nitrogens with zero attached hydrogens (tertiary/aromatic N) is 4. The number of carbonyl (C=O) groups is 1. The largest absolute Gasteiger partial charge is 0.337 e. The van der Waals surface area contributed by atoms with Crippen molar-refractivity contribution in [1.29, 1.82) is 0 Å². The summed E-state index contributed by atoms with van der Waals surface area (Å²) in [4.78, 5) is 16.7. The topological polar surface area (TPSA) is 49.3 Å². The second-order valence-corrected chi connectivity index (χ2v) is 6.51. The molecule has 1 aromatic heterocycles. The number of anilines is 2. The molecule has 5 heteroatoms. The van der Waals surface area contributed by atoms with Gasteiger partial charge in [-0.05, 0) is 43.0 Å². The summed E-state index contributed by atoms with van der Waals surface area (Å²) in [6.45, 7) is 2.58. The van der Waals surface area contributed by atoms with Crippen LogP contribution in [0.25, 0.3) is 0 Å². The summed E-state index contributed by atoms with van der Waals surface area (Å²) in [7, 11) is 0. The second kappa shape index (κ2) is 6.59. The Bertz CT molecular complexity index is 720. The Hall–Kier alpha value is -2.43. The molecule has 1 saturated heterocycles. The molecule has 1 amide bonds. The zero-order chi connectivity index (χ0) is 16.4. The molecule has 0 saturated carbocycles. The Labute approximate surface area is 142 Å². The number of carbonyl (C=O) groups excluding carboxylic acids is 1. The molecular weight excluding hydrogens is 300 g/mol. The van der Waals surface area contributed by atoms with Crippen LogP contribution in [0.4, 0.5) is 11.5 Å². The van der Waals surface area contributed by atoms with Gasteiger partial charge in [-0.2, -0.15) is 0 Å². The van der Waals surface area contributed by atoms with Crippen molar-refractivity contribution >= 4 is 17.4 Å². The highest BCUT2D eigenvalue weighted by Gasteiger charge is 2.23. The van der Waals surface area contributed by atoms with Crippen LogP contribution in [0.1, 0.15) is 41.7 Å². The SMILES string of the molecule is O=C(c1ccc(N2CCc3ccccc32)nn1)N1CCCCCC1. The molecule has 124 valence electrons. The first-order valence-corrected chi connectivity index (χ1v) is 8.81. The molecule has 24 heavy (non-hydrogen) atoms. The van der Waals surface area contributed by atoms with E-state index in [4.69, 9.17) is 0 Å². The van der Waals surface area contributed by atoms with Crippen molar-refractivity contribution in [3.05, 3.63) is 47.7 Å². The van der Waals surface area contributed by atoms with E-state index in [0.717, 1.165) is 44.7 Å². The van der Waals surface area contributed by atoms with Gasteiger partial charge in [0, 0.05) is 25.3 Å². The third-order valence-corrected chi connectivity index (χ3v) is 4.93. The number of aromatic nitrogens is 2. The van der Waals surface area contributed by atoms with Gasteiger partial charge in [0.2, 0.25) is 0 Å². The van der Waals surface area contributed by atoms with Gasteiger partial charge < -0.3 is 9.80 Å². The monoisotopic (exact) mass is 322 g/mol. The number of rotatable bonds is 2. The predicted molar refractivity (Wildman–Crippen MR) is 93.6 cm³/mol. The summed E-state index contributed by atoms with van der Waals surface area (Å²) >= 11 is 0. The van der Waals surface area contributed by atoms with Crippen molar-refractivity contribution in [3.8, 4) is 0 Å². The van der Waals surface area contributed by atoms with Crippen molar-refractivity contribution in [2.24, 2.45) is 0 Å². The fourth-order valence-corrected chi connectivity index (χ4v) is 3.60. The van der Waals surface area contributed by atoms with Gasteiger partial charge in [0.05, 0.1) is 0 Å². The number of hydrogen-bond donors (Lipinski definition) is 0. The third kappa shape index (κ3) is 2.86. The lowest BCUT2D eigenvalue weighted by molar-refractivity contribution is 0.0754. The van der Waals surface area contributed by atoms with Gasteiger partial charge >= 0.3 is 0 Å². The van der Waals surface area contributed by atoms with Gasteiger partial charge in [0.15, 0.2) is 11.5 Å². The highest BCUT2D eigenvalue weighted by atomic mass is 16.2. The van der Waals surface area contributed by atoms with Crippen LogP contribution in [0.5, 0.6) is 0 Å². The minimum Gasteiger partial charge on any atom is -0.337 e. The van der Waals surface area contributed by atoms with E-state index in [1.54, 1.807) is 0 Å². The lowest BCUT2D eigenvalue weighted by Gasteiger charge is -2.20. The van der Waals surface area contributed by atoms with E-state index in [2.05, 4.69) is 33.3 Å². The molecule has 5 nitrogen and oxygen atoms in total. The van der Waals surface area contributed by atoms with Crippen LogP contribution in [0.3, 0.4) is 0 Å². The Morgan fingerprint density at radius 1 is 0.875 bits per heavy atom. The fraction of sp³-hybridized carbons (Fsp3) is 0.421. The van der Waals surface area contributed by atoms with Crippen LogP contribution >= 0.6 is 0 Å². The van der Waals surface area contributed by atoms with E-state index >= 15 is 0 Å². The van der Waals surface area contributed by atoms with Gasteiger partial charge in [-0.1, -0.05) is 31.0 Å². The van der Waals surface area contributed by atoms with E-state index in [0.29, 0.717) is 5.69 Å². The van der Waals surface area contributed by atoms with Crippen molar-refractivity contribution in [2.45, 2.75) is 32.1 Å². The molecule has 2 aliphatic heterocycles. The van der Waals surface area contributed by atoms with Crippen molar-refractivity contribution < 1.29 is 4.79 Å². The van der Waals surface area contributed by atoms with Crippen LogP contribution in [0.2, 0.25) is 0 Å². The van der Waals surface area contributed by atoms with Crippen LogP contribution in [0, 0.1) is 0 Å². The van der Waals surface area contributed by atoms with E-state index in [1.807, 2.05) is 23.1 Å². The molecule has 1 fully saturated rings. The molecule has 2 aliphatic rings. The second-order valence-electron chi connectivity index (χ2n) is 6.51. The maximum atomic E-state index is 12.6. The maximum absolute atomic E-state index is 12.6. The number of amides is 1. The average molecular weight is 322 g/mol. The summed E-state index contributed by atoms with van der Waals surface area (Å²) in [6, 6.07) is 12.1. The van der Waals surface area contributed by atoms with Gasteiger partial charge in [0.1, 0.15) is 0 Å². The van der Waals surface area contributed by atoms with E-state index in [-0.39, 0.29) is 5.91 Å². The molecule has 0 bridgehead atoms. The summed E-state index contributed by atoms with van der Waals surface area (Å²) < 4.78 is 0. The van der Waals surface area contributed by atoms with Crippen LogP contribution in [0.15, 0.2) is 36.4 Å². The normalized spacial score (nSPS) is 17.5. The fourth-order valence-electron chi connectivity index (χ4n) is 3.60. The minimum absolute atomic E-state index is 0.0118. The van der Waals surface area contributed by atoms with Crippen LogP contribution in [-0.4, -0.2) is 40.6 Å². The summed E-state index contributed by atoms with van der Waals surface area (Å²) in [6.07, 6.45) is 5.61. The quantitative estimate of drug-likeness (QED) is 0.852. The zero-order valence-corrected chi connectivity index (χ0v) is 13.8. The first-order chi connectivity index (χ1) is 11.8. The molecule has 0 aliphatic carbocycles. The Morgan fingerprint density at radius 2 is 1.67 bits per heavy atom. The first-order valence-electron chi connectivity index (χ1n) is 8.81. The Morgan fingerprint density at radius 3 is 2.42 bits per heavy atom. The van der Waals surface area contributed by atoms with Gasteiger partial charge in [-0.25, -0.2) is 0 Å². The molecule has 0 N–H and O–H groups in total. The third-order valence-electron chi connectivity index (χ3n) is 4.93. The first kappa shape index (κ1) is 15.1. The standard InChI is InChI=1S/C19H22N4O/c24-19(22-12-5-1-2-6-13-22)16-9-10-18(21-20-16)23-14-11-15-7-3-4-8-17(15)23/h3-4,7-10H,1-2,5-6,11-14H2. The maximum Gasteiger partial charge on any atom is 0.274 e. The Kier molecular flexibility index (Phi) is 4.15. The molecule has 0 unspecified atom stereocenters.